The van der Waals surface area contributed by atoms with Crippen LogP contribution in [0.2, 0.25) is 0 Å². The second kappa shape index (κ2) is 7.29. The smallest absolute Gasteiger partial charge is 0.222 e. The summed E-state index contributed by atoms with van der Waals surface area (Å²) in [4.78, 5) is 14.0. The van der Waals surface area contributed by atoms with E-state index in [2.05, 4.69) is 25.2 Å². The fourth-order valence-electron chi connectivity index (χ4n) is 2.21. The molecule has 1 unspecified atom stereocenters. The standard InChI is InChI=1S/C13H23N3O/c1-11(2)10-16(7-3-5-14)13(17)8-12-4-6-15-9-12/h11-12,15H,3-4,6-10H2,1-2H3. The van der Waals surface area contributed by atoms with Gasteiger partial charge in [0.05, 0.1) is 12.5 Å². The van der Waals surface area contributed by atoms with Crippen molar-refractivity contribution in [2.75, 3.05) is 26.2 Å². The quantitative estimate of drug-likeness (QED) is 0.759. The van der Waals surface area contributed by atoms with Crippen LogP contribution in [-0.2, 0) is 4.79 Å². The fraction of sp³-hybridized carbons (Fsp3) is 0.846. The summed E-state index contributed by atoms with van der Waals surface area (Å²) >= 11 is 0. The van der Waals surface area contributed by atoms with Gasteiger partial charge in [-0.25, -0.2) is 0 Å². The molecule has 4 nitrogen and oxygen atoms in total. The lowest BCUT2D eigenvalue weighted by Crippen LogP contribution is -2.36. The minimum Gasteiger partial charge on any atom is -0.341 e. The minimum atomic E-state index is 0.211. The SMILES string of the molecule is CC(C)CN(CCC#N)C(=O)CC1CCNC1. The Bertz CT molecular complexity index is 277. The molecule has 1 amide bonds. The van der Waals surface area contributed by atoms with Gasteiger partial charge in [0.15, 0.2) is 0 Å². The van der Waals surface area contributed by atoms with E-state index < -0.39 is 0 Å². The number of nitrogens with zero attached hydrogens (tertiary/aromatic N) is 2. The van der Waals surface area contributed by atoms with E-state index in [0.717, 1.165) is 26.1 Å². The molecule has 0 bridgehead atoms. The zero-order chi connectivity index (χ0) is 12.7. The average molecular weight is 237 g/mol. The maximum absolute atomic E-state index is 12.1. The Morgan fingerprint density at radius 3 is 2.88 bits per heavy atom. The van der Waals surface area contributed by atoms with Crippen molar-refractivity contribution in [3.05, 3.63) is 0 Å². The van der Waals surface area contributed by atoms with Gasteiger partial charge in [-0.1, -0.05) is 13.8 Å². The van der Waals surface area contributed by atoms with Crippen LogP contribution in [0.15, 0.2) is 0 Å². The Hall–Kier alpha value is -1.08. The molecule has 1 N–H and O–H groups in total. The maximum atomic E-state index is 12.1. The van der Waals surface area contributed by atoms with Crippen molar-refractivity contribution >= 4 is 5.91 Å². The maximum Gasteiger partial charge on any atom is 0.222 e. The molecule has 1 aliphatic rings. The molecule has 0 radical (unpaired) electrons. The molecule has 4 heteroatoms. The first kappa shape index (κ1) is 14.0. The molecule has 1 saturated heterocycles. The molecule has 0 aliphatic carbocycles. The van der Waals surface area contributed by atoms with Gasteiger partial charge in [0.25, 0.3) is 0 Å². The number of nitriles is 1. The summed E-state index contributed by atoms with van der Waals surface area (Å²) in [6.45, 7) is 7.53. The van der Waals surface area contributed by atoms with E-state index in [1.165, 1.54) is 0 Å². The minimum absolute atomic E-state index is 0.211. The van der Waals surface area contributed by atoms with Gasteiger partial charge >= 0.3 is 0 Å². The van der Waals surface area contributed by atoms with Crippen LogP contribution < -0.4 is 5.32 Å². The first-order valence-corrected chi connectivity index (χ1v) is 6.49. The van der Waals surface area contributed by atoms with Crippen LogP contribution in [0.1, 0.15) is 33.1 Å². The van der Waals surface area contributed by atoms with Crippen molar-refractivity contribution in [2.24, 2.45) is 11.8 Å². The molecule has 1 rings (SSSR count). The molecular formula is C13H23N3O. The first-order chi connectivity index (χ1) is 8.13. The Labute approximate surface area is 104 Å². The van der Waals surface area contributed by atoms with Crippen LogP contribution in [0.4, 0.5) is 0 Å². The molecule has 1 atom stereocenters. The number of nitrogens with one attached hydrogen (secondary N) is 1. The van der Waals surface area contributed by atoms with Crippen molar-refractivity contribution in [1.82, 2.24) is 10.2 Å². The van der Waals surface area contributed by atoms with Gasteiger partial charge in [-0.05, 0) is 31.3 Å². The number of hydrogen-bond acceptors (Lipinski definition) is 3. The Kier molecular flexibility index (Phi) is 5.99. The van der Waals surface area contributed by atoms with Crippen LogP contribution in [0.25, 0.3) is 0 Å². The topological polar surface area (TPSA) is 56.1 Å². The van der Waals surface area contributed by atoms with Crippen molar-refractivity contribution in [3.63, 3.8) is 0 Å². The summed E-state index contributed by atoms with van der Waals surface area (Å²) in [5.74, 6) is 1.15. The van der Waals surface area contributed by atoms with E-state index in [1.54, 1.807) is 0 Å². The van der Waals surface area contributed by atoms with Gasteiger partial charge in [0.2, 0.25) is 5.91 Å². The summed E-state index contributed by atoms with van der Waals surface area (Å²) in [7, 11) is 0. The third kappa shape index (κ3) is 5.18. The largest absolute Gasteiger partial charge is 0.341 e. The van der Waals surface area contributed by atoms with Gasteiger partial charge < -0.3 is 10.2 Å². The first-order valence-electron chi connectivity index (χ1n) is 6.49. The molecule has 1 fully saturated rings. The summed E-state index contributed by atoms with van der Waals surface area (Å²) in [6.07, 6.45) is 2.16. The molecule has 0 aromatic heterocycles. The second-order valence-electron chi connectivity index (χ2n) is 5.20. The fourth-order valence-corrected chi connectivity index (χ4v) is 2.21. The molecule has 0 aromatic rings. The monoisotopic (exact) mass is 237 g/mol. The molecule has 1 heterocycles. The summed E-state index contributed by atoms with van der Waals surface area (Å²) in [5, 5.41) is 11.9. The van der Waals surface area contributed by atoms with E-state index in [9.17, 15) is 4.79 Å². The lowest BCUT2D eigenvalue weighted by atomic mass is 10.0. The Morgan fingerprint density at radius 2 is 2.35 bits per heavy atom. The van der Waals surface area contributed by atoms with Crippen LogP contribution in [0.3, 0.4) is 0 Å². The van der Waals surface area contributed by atoms with Gasteiger partial charge in [-0.15, -0.1) is 0 Å². The van der Waals surface area contributed by atoms with Crippen molar-refractivity contribution in [2.45, 2.75) is 33.1 Å². The van der Waals surface area contributed by atoms with E-state index in [0.29, 0.717) is 31.2 Å². The highest BCUT2D eigenvalue weighted by Gasteiger charge is 2.22. The van der Waals surface area contributed by atoms with E-state index in [1.807, 2.05) is 4.90 Å². The molecule has 1 aliphatic heterocycles. The summed E-state index contributed by atoms with van der Waals surface area (Å²) < 4.78 is 0. The second-order valence-corrected chi connectivity index (χ2v) is 5.20. The van der Waals surface area contributed by atoms with Gasteiger partial charge in [0, 0.05) is 19.5 Å². The highest BCUT2D eigenvalue weighted by Crippen LogP contribution is 2.14. The summed E-state index contributed by atoms with van der Waals surface area (Å²) in [6, 6.07) is 2.11. The molecule has 17 heavy (non-hydrogen) atoms. The molecule has 0 aromatic carbocycles. The predicted molar refractivity (Wildman–Crippen MR) is 67.2 cm³/mol. The van der Waals surface area contributed by atoms with Crippen LogP contribution >= 0.6 is 0 Å². The lowest BCUT2D eigenvalue weighted by Gasteiger charge is -2.24. The zero-order valence-electron chi connectivity index (χ0n) is 10.9. The molecule has 0 saturated carbocycles. The van der Waals surface area contributed by atoms with E-state index in [4.69, 9.17) is 5.26 Å². The number of amides is 1. The number of carbonyl (C=O) groups excluding carboxylic acids is 1. The number of hydrogen-bond donors (Lipinski definition) is 1. The zero-order valence-corrected chi connectivity index (χ0v) is 10.9. The van der Waals surface area contributed by atoms with Gasteiger partial charge in [-0.2, -0.15) is 5.26 Å². The van der Waals surface area contributed by atoms with Crippen molar-refractivity contribution in [3.8, 4) is 6.07 Å². The van der Waals surface area contributed by atoms with Crippen molar-refractivity contribution in [1.29, 1.82) is 5.26 Å². The number of carbonyl (C=O) groups is 1. The Balaban J connectivity index is 2.43. The third-order valence-electron chi connectivity index (χ3n) is 3.06. The lowest BCUT2D eigenvalue weighted by molar-refractivity contribution is -0.132. The highest BCUT2D eigenvalue weighted by molar-refractivity contribution is 5.76. The molecular weight excluding hydrogens is 214 g/mol. The normalized spacial score (nSPS) is 19.3. The van der Waals surface area contributed by atoms with Gasteiger partial charge in [0.1, 0.15) is 0 Å². The van der Waals surface area contributed by atoms with Crippen LogP contribution in [0.5, 0.6) is 0 Å². The molecule has 0 spiro atoms. The van der Waals surface area contributed by atoms with Crippen LogP contribution in [0, 0.1) is 23.2 Å². The number of rotatable bonds is 6. The summed E-state index contributed by atoms with van der Waals surface area (Å²) in [5.41, 5.74) is 0. The van der Waals surface area contributed by atoms with E-state index >= 15 is 0 Å². The van der Waals surface area contributed by atoms with Crippen molar-refractivity contribution < 1.29 is 4.79 Å². The highest BCUT2D eigenvalue weighted by atomic mass is 16.2. The molecule has 96 valence electrons. The Morgan fingerprint density at radius 1 is 1.59 bits per heavy atom. The van der Waals surface area contributed by atoms with Gasteiger partial charge in [-0.3, -0.25) is 4.79 Å². The average Bonchev–Trinajstić information content (AvgIpc) is 2.76. The third-order valence-corrected chi connectivity index (χ3v) is 3.06. The predicted octanol–water partition coefficient (Wildman–Crippen LogP) is 1.38. The van der Waals surface area contributed by atoms with Crippen LogP contribution in [-0.4, -0.2) is 37.0 Å². The van der Waals surface area contributed by atoms with E-state index in [-0.39, 0.29) is 5.91 Å².